The second kappa shape index (κ2) is 29.7. The third-order valence-corrected chi connectivity index (χ3v) is 7.67. The number of unbranched alkanes of at least 4 members (excludes halogenated alkanes) is 22. The highest BCUT2D eigenvalue weighted by molar-refractivity contribution is 5.75. The molecule has 0 aliphatic carbocycles. The van der Waals surface area contributed by atoms with Gasteiger partial charge in [-0.15, -0.1) is 0 Å². The molecule has 0 aromatic heterocycles. The minimum absolute atomic E-state index is 0.0741. The van der Waals surface area contributed by atoms with Gasteiger partial charge in [0, 0.05) is 0 Å². The molecule has 0 rings (SSSR count). The number of carbonyl (C=O) groups is 1. The molecule has 220 valence electrons. The van der Waals surface area contributed by atoms with Crippen LogP contribution in [0.25, 0.3) is 0 Å². The van der Waals surface area contributed by atoms with Gasteiger partial charge in [0.2, 0.25) is 0 Å². The molecule has 3 heteroatoms. The molecule has 0 amide bonds. The summed E-state index contributed by atoms with van der Waals surface area (Å²) >= 11 is 0. The number of carbonyl (C=O) groups excluding carboxylic acids is 1. The Morgan fingerprint density at radius 2 is 0.919 bits per heavy atom. The monoisotopic (exact) mass is 522 g/mol. The normalized spacial score (nSPS) is 12.6. The standard InChI is InChI=1S/C34H67NO2/c1-5-7-8-9-10-11-12-13-14-15-16-17-18-19-20-21-22-23-24-25-26-27-28-29-30-31-32-33(35(3)4)34(36)37-6-2/h25-26,33H,5-24,27-32H2,1-4H3/b26-25+. The molecule has 37 heavy (non-hydrogen) atoms. The van der Waals surface area contributed by atoms with Crippen molar-refractivity contribution in [3.63, 3.8) is 0 Å². The minimum atomic E-state index is -0.0887. The van der Waals surface area contributed by atoms with Crippen molar-refractivity contribution in [2.24, 2.45) is 0 Å². The van der Waals surface area contributed by atoms with Crippen molar-refractivity contribution in [2.75, 3.05) is 20.7 Å². The van der Waals surface area contributed by atoms with Gasteiger partial charge in [0.05, 0.1) is 6.61 Å². The van der Waals surface area contributed by atoms with Gasteiger partial charge in [0.1, 0.15) is 6.04 Å². The van der Waals surface area contributed by atoms with Crippen molar-refractivity contribution in [1.29, 1.82) is 0 Å². The Hall–Kier alpha value is -0.830. The molecule has 0 aliphatic rings. The second-order valence-corrected chi connectivity index (χ2v) is 11.5. The summed E-state index contributed by atoms with van der Waals surface area (Å²) in [6, 6.07) is -0.0887. The van der Waals surface area contributed by atoms with Crippen LogP contribution in [0.1, 0.15) is 174 Å². The fourth-order valence-electron chi connectivity index (χ4n) is 5.18. The zero-order valence-electron chi connectivity index (χ0n) is 25.9. The number of hydrogen-bond donors (Lipinski definition) is 0. The summed E-state index contributed by atoms with van der Waals surface area (Å²) in [6.45, 7) is 4.64. The summed E-state index contributed by atoms with van der Waals surface area (Å²) in [4.78, 5) is 14.0. The third kappa shape index (κ3) is 26.6. The lowest BCUT2D eigenvalue weighted by Gasteiger charge is -2.22. The fourth-order valence-corrected chi connectivity index (χ4v) is 5.18. The predicted molar refractivity (Wildman–Crippen MR) is 164 cm³/mol. The highest BCUT2D eigenvalue weighted by Gasteiger charge is 2.21. The quantitative estimate of drug-likeness (QED) is 0.0557. The van der Waals surface area contributed by atoms with E-state index in [-0.39, 0.29) is 12.0 Å². The molecule has 1 unspecified atom stereocenters. The first-order chi connectivity index (χ1) is 18.1. The fraction of sp³-hybridized carbons (Fsp3) is 0.912. The van der Waals surface area contributed by atoms with Gasteiger partial charge in [0.25, 0.3) is 0 Å². The maximum absolute atomic E-state index is 12.0. The second-order valence-electron chi connectivity index (χ2n) is 11.5. The average molecular weight is 522 g/mol. The number of esters is 1. The highest BCUT2D eigenvalue weighted by Crippen LogP contribution is 2.15. The Balaban J connectivity index is 3.28. The van der Waals surface area contributed by atoms with E-state index in [1.807, 2.05) is 25.9 Å². The van der Waals surface area contributed by atoms with Crippen LogP contribution in [0.4, 0.5) is 0 Å². The molecule has 0 N–H and O–H groups in total. The Kier molecular flexibility index (Phi) is 29.1. The number of ether oxygens (including phenoxy) is 1. The van der Waals surface area contributed by atoms with Crippen molar-refractivity contribution in [2.45, 2.75) is 180 Å². The molecule has 0 aliphatic heterocycles. The molecule has 1 atom stereocenters. The number of rotatable bonds is 29. The zero-order valence-corrected chi connectivity index (χ0v) is 25.9. The van der Waals surface area contributed by atoms with Gasteiger partial charge in [-0.25, -0.2) is 0 Å². The van der Waals surface area contributed by atoms with Crippen molar-refractivity contribution < 1.29 is 9.53 Å². The molecule has 0 fully saturated rings. The van der Waals surface area contributed by atoms with E-state index in [2.05, 4.69) is 19.1 Å². The summed E-state index contributed by atoms with van der Waals surface area (Å²) in [6.07, 6.45) is 38.9. The van der Waals surface area contributed by atoms with E-state index >= 15 is 0 Å². The van der Waals surface area contributed by atoms with Gasteiger partial charge in [-0.05, 0) is 53.1 Å². The van der Waals surface area contributed by atoms with Crippen LogP contribution in [0.2, 0.25) is 0 Å². The molecule has 0 aromatic rings. The lowest BCUT2D eigenvalue weighted by molar-refractivity contribution is -0.148. The van der Waals surface area contributed by atoms with Gasteiger partial charge in [-0.2, -0.15) is 0 Å². The number of allylic oxidation sites excluding steroid dienone is 2. The first kappa shape index (κ1) is 36.2. The Morgan fingerprint density at radius 1 is 0.568 bits per heavy atom. The Bertz CT molecular complexity index is 488. The van der Waals surface area contributed by atoms with Crippen LogP contribution >= 0.6 is 0 Å². The molecule has 0 saturated heterocycles. The van der Waals surface area contributed by atoms with Crippen LogP contribution in [0.5, 0.6) is 0 Å². The minimum Gasteiger partial charge on any atom is -0.465 e. The first-order valence-electron chi connectivity index (χ1n) is 16.6. The number of likely N-dealkylation sites (N-methyl/N-ethyl adjacent to an activating group) is 1. The summed E-state index contributed by atoms with van der Waals surface area (Å²) in [7, 11) is 3.93. The lowest BCUT2D eigenvalue weighted by Crippen LogP contribution is -2.37. The van der Waals surface area contributed by atoms with Gasteiger partial charge in [-0.3, -0.25) is 9.69 Å². The molecular formula is C34H67NO2. The van der Waals surface area contributed by atoms with Crippen LogP contribution in [0.3, 0.4) is 0 Å². The largest absolute Gasteiger partial charge is 0.465 e. The maximum Gasteiger partial charge on any atom is 0.323 e. The summed E-state index contributed by atoms with van der Waals surface area (Å²) in [5, 5.41) is 0. The summed E-state index contributed by atoms with van der Waals surface area (Å²) in [5.41, 5.74) is 0. The number of nitrogens with zero attached hydrogens (tertiary/aromatic N) is 1. The maximum atomic E-state index is 12.0. The van der Waals surface area contributed by atoms with E-state index in [4.69, 9.17) is 4.74 Å². The molecule has 0 radical (unpaired) electrons. The molecular weight excluding hydrogens is 454 g/mol. The highest BCUT2D eigenvalue weighted by atomic mass is 16.5. The van der Waals surface area contributed by atoms with Crippen molar-refractivity contribution >= 4 is 5.97 Å². The van der Waals surface area contributed by atoms with Crippen LogP contribution < -0.4 is 0 Å². The number of hydrogen-bond acceptors (Lipinski definition) is 3. The molecule has 0 aromatic carbocycles. The SMILES string of the molecule is CCCCCCCCCCCCCCCCCCCC/C=C/CCCCCCC(C(=O)OCC)N(C)C. The average Bonchev–Trinajstić information content (AvgIpc) is 2.88. The molecule has 0 saturated carbocycles. The predicted octanol–water partition coefficient (Wildman–Crippen LogP) is 10.8. The van der Waals surface area contributed by atoms with Gasteiger partial charge in [-0.1, -0.05) is 147 Å². The van der Waals surface area contributed by atoms with Gasteiger partial charge >= 0.3 is 5.97 Å². The van der Waals surface area contributed by atoms with E-state index in [0.717, 1.165) is 12.8 Å². The van der Waals surface area contributed by atoms with Crippen molar-refractivity contribution in [3.8, 4) is 0 Å². The zero-order chi connectivity index (χ0) is 27.2. The smallest absolute Gasteiger partial charge is 0.323 e. The lowest BCUT2D eigenvalue weighted by atomic mass is 10.0. The molecule has 0 spiro atoms. The van der Waals surface area contributed by atoms with Crippen LogP contribution in [-0.4, -0.2) is 37.6 Å². The van der Waals surface area contributed by atoms with E-state index in [0.29, 0.717) is 6.61 Å². The third-order valence-electron chi connectivity index (χ3n) is 7.67. The summed E-state index contributed by atoms with van der Waals surface area (Å²) < 4.78 is 5.19. The van der Waals surface area contributed by atoms with E-state index < -0.39 is 0 Å². The van der Waals surface area contributed by atoms with Gasteiger partial charge in [0.15, 0.2) is 0 Å². The Labute approximate surface area is 233 Å². The van der Waals surface area contributed by atoms with Crippen molar-refractivity contribution in [1.82, 2.24) is 4.90 Å². The first-order valence-corrected chi connectivity index (χ1v) is 16.6. The molecule has 0 heterocycles. The topological polar surface area (TPSA) is 29.5 Å². The molecule has 3 nitrogen and oxygen atoms in total. The van der Waals surface area contributed by atoms with E-state index in [1.165, 1.54) is 148 Å². The van der Waals surface area contributed by atoms with Gasteiger partial charge < -0.3 is 4.74 Å². The van der Waals surface area contributed by atoms with Crippen LogP contribution in [-0.2, 0) is 9.53 Å². The van der Waals surface area contributed by atoms with Crippen LogP contribution in [0, 0.1) is 0 Å². The van der Waals surface area contributed by atoms with Crippen molar-refractivity contribution in [3.05, 3.63) is 12.2 Å². The Morgan fingerprint density at radius 3 is 1.27 bits per heavy atom. The summed E-state index contributed by atoms with van der Waals surface area (Å²) in [5.74, 6) is -0.0741. The van der Waals surface area contributed by atoms with E-state index in [1.54, 1.807) is 0 Å². The van der Waals surface area contributed by atoms with E-state index in [9.17, 15) is 4.79 Å². The van der Waals surface area contributed by atoms with Crippen LogP contribution in [0.15, 0.2) is 12.2 Å². The molecule has 0 bridgehead atoms.